The van der Waals surface area contributed by atoms with Crippen molar-refractivity contribution in [2.24, 2.45) is 0 Å². The van der Waals surface area contributed by atoms with E-state index in [9.17, 15) is 43.3 Å². The third-order valence-corrected chi connectivity index (χ3v) is 18.5. The minimum Gasteiger partial charge on any atom is -0.496 e. The lowest BCUT2D eigenvalue weighted by molar-refractivity contribution is -0.384. The van der Waals surface area contributed by atoms with E-state index in [0.717, 1.165) is 78.2 Å². The lowest BCUT2D eigenvalue weighted by Gasteiger charge is -2.43. The highest BCUT2D eigenvalue weighted by molar-refractivity contribution is 6.17. The van der Waals surface area contributed by atoms with Crippen LogP contribution in [0.4, 0.5) is 27.1 Å². The maximum Gasteiger partial charge on any atom is 0.347 e. The maximum atomic E-state index is 13.2. The van der Waals surface area contributed by atoms with Gasteiger partial charge in [0, 0.05) is 64.1 Å². The Morgan fingerprint density at radius 3 is 1.03 bits per heavy atom. The Morgan fingerprint density at radius 1 is 0.392 bits per heavy atom. The number of carbonyl (C=O) groups is 6. The van der Waals surface area contributed by atoms with Crippen LogP contribution in [0.5, 0.6) is 40.2 Å². The first kappa shape index (κ1) is 72.3. The van der Waals surface area contributed by atoms with Crippen LogP contribution in [-0.2, 0) is 14.4 Å². The number of anilines is 3. The molecule has 3 saturated heterocycles. The Balaban J connectivity index is 0.000000165. The number of benzene rings is 9. The molecule has 3 heterocycles. The van der Waals surface area contributed by atoms with Gasteiger partial charge in [0.25, 0.3) is 23.4 Å². The monoisotopic (exact) mass is 1370 g/mol. The third kappa shape index (κ3) is 14.4. The second kappa shape index (κ2) is 29.9. The number of methoxy groups -OCH3 is 4. The maximum absolute atomic E-state index is 13.2. The molecule has 0 aliphatic carbocycles. The Morgan fingerprint density at radius 2 is 0.706 bits per heavy atom. The van der Waals surface area contributed by atoms with Crippen molar-refractivity contribution >= 4 is 58.4 Å². The molecule has 0 N–H and O–H groups in total. The number of β-lactam (4-membered cyclic amide) rings is 3. The van der Waals surface area contributed by atoms with Crippen LogP contribution in [0.1, 0.15) is 116 Å². The van der Waals surface area contributed by atoms with Crippen molar-refractivity contribution in [2.75, 3.05) is 43.1 Å². The molecule has 20 heteroatoms. The molecule has 0 spiro atoms. The van der Waals surface area contributed by atoms with Crippen LogP contribution in [0, 0.1) is 78.2 Å². The molecule has 3 aliphatic heterocycles. The first-order chi connectivity index (χ1) is 48.6. The average Bonchev–Trinajstić information content (AvgIpc) is 0.751. The van der Waals surface area contributed by atoms with Gasteiger partial charge < -0.3 is 33.2 Å². The topological polar surface area (TPSA) is 220 Å². The zero-order valence-corrected chi connectivity index (χ0v) is 58.7. The van der Waals surface area contributed by atoms with Crippen LogP contribution >= 0.6 is 0 Å². The van der Waals surface area contributed by atoms with E-state index < -0.39 is 40.7 Å². The number of carbonyl (C=O) groups excluding carboxylic acids is 6. The highest BCUT2D eigenvalue weighted by atomic mass is 19.1. The van der Waals surface area contributed by atoms with E-state index in [2.05, 4.69) is 19.7 Å². The van der Waals surface area contributed by atoms with Crippen LogP contribution in [0.3, 0.4) is 0 Å². The van der Waals surface area contributed by atoms with E-state index in [-0.39, 0.29) is 40.6 Å². The summed E-state index contributed by atoms with van der Waals surface area (Å²) in [6, 6.07) is 43.9. The van der Waals surface area contributed by atoms with E-state index in [1.54, 1.807) is 85.4 Å². The summed E-state index contributed by atoms with van der Waals surface area (Å²) in [4.78, 5) is 91.7. The first-order valence-corrected chi connectivity index (χ1v) is 32.2. The van der Waals surface area contributed by atoms with Gasteiger partial charge in [-0.25, -0.2) is 18.8 Å². The van der Waals surface area contributed by atoms with E-state index >= 15 is 0 Å². The SMILES string of the molecule is C=C1C(=O)N(c2cc(C)c(C)c(OC)c2)[C@H]1c1ccc(C)c(OC(=O)c2ccc(F)cc2)c1.C=C1C(=O)N(c2cc(C)c(C)c(OC)c2)[C@H]1c1ccc(C)c(OC(=O)c2ccc([N+](=O)[O-])cc2)c1.C=C1C(=O)N(c2cc(C)c(C)c(OC)c2)[C@H]1c1ccc(C)c(OC(=O)c2ccccc2OC)c1. The van der Waals surface area contributed by atoms with Gasteiger partial charge in [-0.05, 0) is 214 Å². The van der Waals surface area contributed by atoms with Gasteiger partial charge in [0.15, 0.2) is 0 Å². The number of esters is 3. The zero-order chi connectivity index (χ0) is 73.9. The predicted molar refractivity (Wildman–Crippen MR) is 386 cm³/mol. The summed E-state index contributed by atoms with van der Waals surface area (Å²) in [7, 11) is 6.31. The second-order valence-corrected chi connectivity index (χ2v) is 24.8. The molecule has 0 saturated carbocycles. The van der Waals surface area contributed by atoms with Gasteiger partial charge in [-0.15, -0.1) is 0 Å². The van der Waals surface area contributed by atoms with Gasteiger partial charge in [-0.1, -0.05) is 68.3 Å². The molecule has 0 aromatic heterocycles. The standard InChI is InChI=1S/C28H27NO5.C27H24FNO4.C27H24N2O6/c1-16-11-12-20(14-24(16)34-28(31)22-9-7-8-10-23(22)32-5)26-19(4)27(30)29(26)21-13-17(2)18(3)25(15-21)33-6;1-15-6-7-20(13-23(15)33-27(31)19-8-10-21(28)11-9-19)25-18(4)26(30)29(25)22-12-16(2)17(3)24(14-22)32-5;1-15-6-7-20(13-23(15)35-27(31)19-8-10-21(11-9-19)29(32)33)25-18(4)26(30)28(25)22-12-16(2)17(3)24(14-22)34-5/h7-15,26H,4H2,1-3,5-6H3;6-14,25H,4H2,1-3,5H3;6-14,25H,4H2,1-3,5H3/t26-;2*25-/m111/s1. The summed E-state index contributed by atoms with van der Waals surface area (Å²) in [5.74, 6) is 0.970. The number of nitro benzene ring substituents is 1. The fraction of sp³-hybridized carbons (Fsp3) is 0.195. The second-order valence-electron chi connectivity index (χ2n) is 24.8. The number of amides is 3. The summed E-state index contributed by atoms with van der Waals surface area (Å²) in [6.45, 7) is 29.2. The van der Waals surface area contributed by atoms with Gasteiger partial charge in [0.2, 0.25) is 0 Å². The Kier molecular flexibility index (Phi) is 21.2. The molecule has 9 aromatic rings. The fourth-order valence-corrected chi connectivity index (χ4v) is 12.0. The smallest absolute Gasteiger partial charge is 0.347 e. The number of hydrogen-bond acceptors (Lipinski definition) is 15. The summed E-state index contributed by atoms with van der Waals surface area (Å²) >= 11 is 0. The van der Waals surface area contributed by atoms with E-state index in [4.69, 9.17) is 33.2 Å². The number of para-hydroxylation sites is 1. The lowest BCUT2D eigenvalue weighted by atomic mass is 9.87. The van der Waals surface area contributed by atoms with Crippen LogP contribution in [0.2, 0.25) is 0 Å². The summed E-state index contributed by atoms with van der Waals surface area (Å²) in [5, 5.41) is 10.9. The molecule has 520 valence electrons. The molecule has 3 aliphatic rings. The van der Waals surface area contributed by atoms with Crippen molar-refractivity contribution in [3.05, 3.63) is 300 Å². The Hall–Kier alpha value is -12.5. The fourth-order valence-electron chi connectivity index (χ4n) is 12.0. The van der Waals surface area contributed by atoms with Gasteiger partial charge in [0.1, 0.15) is 51.6 Å². The van der Waals surface area contributed by atoms with Crippen LogP contribution < -0.4 is 47.9 Å². The first-order valence-electron chi connectivity index (χ1n) is 32.2. The molecule has 9 aromatic carbocycles. The van der Waals surface area contributed by atoms with Crippen LogP contribution in [0.25, 0.3) is 0 Å². The number of aryl methyl sites for hydroxylation is 6. The average molecular weight is 1380 g/mol. The minimum absolute atomic E-state index is 0.115. The van der Waals surface area contributed by atoms with E-state index in [0.29, 0.717) is 68.2 Å². The van der Waals surface area contributed by atoms with Gasteiger partial charge in [0.05, 0.1) is 62.6 Å². The molecule has 3 fully saturated rings. The molecule has 102 heavy (non-hydrogen) atoms. The molecular weight excluding hydrogens is 1300 g/mol. The van der Waals surface area contributed by atoms with Crippen molar-refractivity contribution in [2.45, 2.75) is 80.4 Å². The Labute approximate surface area is 590 Å². The lowest BCUT2D eigenvalue weighted by Crippen LogP contribution is -2.48. The van der Waals surface area contributed by atoms with Gasteiger partial charge >= 0.3 is 17.9 Å². The number of halogens is 1. The molecule has 0 bridgehead atoms. The number of rotatable bonds is 17. The number of hydrogen-bond donors (Lipinski definition) is 0. The van der Waals surface area contributed by atoms with E-state index in [1.807, 2.05) is 128 Å². The van der Waals surface area contributed by atoms with Crippen LogP contribution in [0.15, 0.2) is 200 Å². The molecule has 19 nitrogen and oxygen atoms in total. The zero-order valence-electron chi connectivity index (χ0n) is 58.7. The van der Waals surface area contributed by atoms with Crippen molar-refractivity contribution in [3.63, 3.8) is 0 Å². The number of nitrogens with zero attached hydrogens (tertiary/aromatic N) is 4. The molecule has 0 radical (unpaired) electrons. The highest BCUT2D eigenvalue weighted by Crippen LogP contribution is 2.49. The molecule has 0 unspecified atom stereocenters. The van der Waals surface area contributed by atoms with Gasteiger partial charge in [-0.3, -0.25) is 39.2 Å². The largest absolute Gasteiger partial charge is 0.496 e. The van der Waals surface area contributed by atoms with Crippen molar-refractivity contribution in [1.29, 1.82) is 0 Å². The molecule has 12 rings (SSSR count). The number of ether oxygens (including phenoxy) is 7. The van der Waals surface area contributed by atoms with Crippen molar-refractivity contribution < 1.29 is 71.2 Å². The Bertz CT molecular complexity index is 4940. The van der Waals surface area contributed by atoms with Crippen molar-refractivity contribution in [1.82, 2.24) is 0 Å². The minimum atomic E-state index is -0.639. The van der Waals surface area contributed by atoms with E-state index in [1.165, 1.54) is 55.6 Å². The number of nitro groups is 1. The molecule has 3 amide bonds. The van der Waals surface area contributed by atoms with Crippen molar-refractivity contribution in [3.8, 4) is 40.2 Å². The summed E-state index contributed by atoms with van der Waals surface area (Å²) in [6.07, 6.45) is 0. The normalized spacial score (nSPS) is 15.1. The third-order valence-electron chi connectivity index (χ3n) is 18.5. The molecular formula is C82H75FN4O15. The van der Waals surface area contributed by atoms with Crippen LogP contribution in [-0.4, -0.2) is 69.0 Å². The predicted octanol–water partition coefficient (Wildman–Crippen LogP) is 16.5. The number of non-ortho nitro benzene ring substituents is 1. The quantitative estimate of drug-likeness (QED) is 0.0207. The summed E-state index contributed by atoms with van der Waals surface area (Å²) < 4.78 is 51.8. The highest BCUT2D eigenvalue weighted by Gasteiger charge is 2.46. The summed E-state index contributed by atoms with van der Waals surface area (Å²) in [5.41, 5.74) is 14.8. The molecule has 3 atom stereocenters. The van der Waals surface area contributed by atoms with Gasteiger partial charge in [-0.2, -0.15) is 0 Å².